The monoisotopic (exact) mass is 377 g/mol. The maximum absolute atomic E-state index is 12.5. The van der Waals surface area contributed by atoms with Gasteiger partial charge in [-0.2, -0.15) is 16.9 Å². The van der Waals surface area contributed by atoms with Gasteiger partial charge in [-0.3, -0.25) is 9.36 Å². The van der Waals surface area contributed by atoms with E-state index in [4.69, 9.17) is 5.10 Å². The van der Waals surface area contributed by atoms with Gasteiger partial charge in [-0.15, -0.1) is 0 Å². The Kier molecular flexibility index (Phi) is 3.53. The third-order valence-electron chi connectivity index (χ3n) is 4.42. The molecule has 0 radical (unpaired) electrons. The third-order valence-corrected chi connectivity index (χ3v) is 5.96. The second-order valence-electron chi connectivity index (χ2n) is 5.75. The van der Waals surface area contributed by atoms with Crippen LogP contribution < -0.4 is 5.56 Å². The van der Waals surface area contributed by atoms with Crippen molar-refractivity contribution in [1.29, 1.82) is 0 Å². The Morgan fingerprint density at radius 3 is 2.82 bits per heavy atom. The van der Waals surface area contributed by atoms with Crippen LogP contribution in [0.25, 0.3) is 16.6 Å². The number of aromatic nitrogens is 3. The molecule has 0 N–H and O–H groups in total. The molecular formula is C16H16BrN3OS. The van der Waals surface area contributed by atoms with E-state index in [-0.39, 0.29) is 5.56 Å². The molecule has 1 fully saturated rings. The van der Waals surface area contributed by atoms with Gasteiger partial charge in [0.1, 0.15) is 5.65 Å². The summed E-state index contributed by atoms with van der Waals surface area (Å²) in [6.07, 6.45) is 2.34. The zero-order valence-electron chi connectivity index (χ0n) is 12.3. The van der Waals surface area contributed by atoms with Crippen LogP contribution in [0.4, 0.5) is 0 Å². The fraction of sp³-hybridized carbons (Fsp3) is 0.375. The van der Waals surface area contributed by atoms with Crippen LogP contribution in [0.5, 0.6) is 0 Å². The lowest BCUT2D eigenvalue weighted by atomic mass is 9.99. The molecule has 4 nitrogen and oxygen atoms in total. The fourth-order valence-electron chi connectivity index (χ4n) is 3.14. The van der Waals surface area contributed by atoms with E-state index in [1.165, 1.54) is 24.3 Å². The van der Waals surface area contributed by atoms with Gasteiger partial charge in [-0.25, -0.2) is 4.52 Å². The summed E-state index contributed by atoms with van der Waals surface area (Å²) in [7, 11) is 1.82. The lowest BCUT2D eigenvalue weighted by Crippen LogP contribution is -2.19. The van der Waals surface area contributed by atoms with Gasteiger partial charge in [-0.05, 0) is 42.5 Å². The van der Waals surface area contributed by atoms with Crippen LogP contribution in [0, 0.1) is 0 Å². The number of fused-ring (bicyclic) bond motifs is 3. The summed E-state index contributed by atoms with van der Waals surface area (Å²) in [5.74, 6) is 2.91. The van der Waals surface area contributed by atoms with Crippen LogP contribution in [0.2, 0.25) is 0 Å². The number of rotatable bonds is 1. The van der Waals surface area contributed by atoms with Crippen molar-refractivity contribution in [3.05, 3.63) is 44.8 Å². The van der Waals surface area contributed by atoms with E-state index in [1.54, 1.807) is 4.57 Å². The van der Waals surface area contributed by atoms with Crippen molar-refractivity contribution in [2.24, 2.45) is 7.05 Å². The van der Waals surface area contributed by atoms with Crippen LogP contribution in [0.3, 0.4) is 0 Å². The summed E-state index contributed by atoms with van der Waals surface area (Å²) in [6, 6.07) is 7.82. The molecule has 0 amide bonds. The van der Waals surface area contributed by atoms with Crippen molar-refractivity contribution < 1.29 is 0 Å². The lowest BCUT2D eigenvalue weighted by Gasteiger charge is -2.18. The minimum Gasteiger partial charge on any atom is -0.296 e. The molecule has 1 aromatic carbocycles. The molecular weight excluding hydrogens is 362 g/mol. The number of hydrogen-bond donors (Lipinski definition) is 0. The van der Waals surface area contributed by atoms with E-state index in [2.05, 4.69) is 22.0 Å². The number of hydrogen-bond acceptors (Lipinski definition) is 3. The predicted octanol–water partition coefficient (Wildman–Crippen LogP) is 3.56. The van der Waals surface area contributed by atoms with E-state index < -0.39 is 0 Å². The van der Waals surface area contributed by atoms with Gasteiger partial charge in [0.15, 0.2) is 0 Å². The average molecular weight is 378 g/mol. The molecule has 0 atom stereocenters. The minimum atomic E-state index is 0.0284. The summed E-state index contributed by atoms with van der Waals surface area (Å²) in [4.78, 5) is 12.5. The maximum atomic E-state index is 12.5. The van der Waals surface area contributed by atoms with Crippen molar-refractivity contribution in [2.45, 2.75) is 18.8 Å². The summed E-state index contributed by atoms with van der Waals surface area (Å²) in [5.41, 5.74) is 2.87. The molecule has 0 unspecified atom stereocenters. The van der Waals surface area contributed by atoms with E-state index in [0.717, 1.165) is 21.3 Å². The Morgan fingerprint density at radius 2 is 2.05 bits per heavy atom. The maximum Gasteiger partial charge on any atom is 0.261 e. The van der Waals surface area contributed by atoms with Gasteiger partial charge in [-0.1, -0.05) is 15.9 Å². The van der Waals surface area contributed by atoms with Gasteiger partial charge >= 0.3 is 0 Å². The molecule has 3 heterocycles. The second-order valence-corrected chi connectivity index (χ2v) is 7.89. The Balaban J connectivity index is 2.01. The van der Waals surface area contributed by atoms with Gasteiger partial charge in [0.2, 0.25) is 0 Å². The Hall–Kier alpha value is -1.27. The van der Waals surface area contributed by atoms with Crippen molar-refractivity contribution >= 4 is 44.2 Å². The van der Waals surface area contributed by atoms with Gasteiger partial charge in [0, 0.05) is 23.5 Å². The van der Waals surface area contributed by atoms with E-state index in [1.807, 2.05) is 41.5 Å². The van der Waals surface area contributed by atoms with Crippen LogP contribution in [0.1, 0.15) is 24.5 Å². The quantitative estimate of drug-likeness (QED) is 0.650. The van der Waals surface area contributed by atoms with Gasteiger partial charge in [0.25, 0.3) is 5.56 Å². The van der Waals surface area contributed by atoms with Crippen molar-refractivity contribution in [2.75, 3.05) is 11.5 Å². The molecule has 1 saturated heterocycles. The molecule has 4 rings (SSSR count). The molecule has 22 heavy (non-hydrogen) atoms. The van der Waals surface area contributed by atoms with Crippen LogP contribution in [-0.4, -0.2) is 25.7 Å². The van der Waals surface area contributed by atoms with Crippen LogP contribution in [-0.2, 0) is 7.05 Å². The third kappa shape index (κ3) is 2.20. The number of aryl methyl sites for hydroxylation is 1. The zero-order valence-corrected chi connectivity index (χ0v) is 14.7. The van der Waals surface area contributed by atoms with E-state index in [0.29, 0.717) is 11.3 Å². The van der Waals surface area contributed by atoms with E-state index >= 15 is 0 Å². The van der Waals surface area contributed by atoms with Crippen molar-refractivity contribution in [3.8, 4) is 0 Å². The molecule has 0 spiro atoms. The summed E-state index contributed by atoms with van der Waals surface area (Å²) in [6.45, 7) is 0. The Labute approximate surface area is 140 Å². The van der Waals surface area contributed by atoms with Gasteiger partial charge in [0.05, 0.1) is 16.6 Å². The highest BCUT2D eigenvalue weighted by Gasteiger charge is 2.20. The molecule has 0 aliphatic carbocycles. The summed E-state index contributed by atoms with van der Waals surface area (Å²) < 4.78 is 4.57. The standard InChI is InChI=1S/C16H16BrN3OS/c1-19-15-9-13(10-4-6-22-7-5-10)18-20(15)14-8-11(17)2-3-12(14)16(19)21/h2-3,8-10H,4-7H2,1H3. The summed E-state index contributed by atoms with van der Waals surface area (Å²) in [5, 5.41) is 5.54. The molecule has 0 saturated carbocycles. The normalized spacial score (nSPS) is 16.6. The highest BCUT2D eigenvalue weighted by Crippen LogP contribution is 2.31. The number of halogens is 1. The van der Waals surface area contributed by atoms with Crippen LogP contribution in [0.15, 0.2) is 33.5 Å². The highest BCUT2D eigenvalue weighted by molar-refractivity contribution is 9.10. The molecule has 114 valence electrons. The molecule has 2 aromatic heterocycles. The molecule has 1 aliphatic heterocycles. The largest absolute Gasteiger partial charge is 0.296 e. The summed E-state index contributed by atoms with van der Waals surface area (Å²) >= 11 is 5.51. The first kappa shape index (κ1) is 14.3. The Morgan fingerprint density at radius 1 is 1.27 bits per heavy atom. The molecule has 6 heteroatoms. The first-order chi connectivity index (χ1) is 10.6. The number of nitrogens with zero attached hydrogens (tertiary/aromatic N) is 3. The average Bonchev–Trinajstić information content (AvgIpc) is 2.99. The second kappa shape index (κ2) is 5.42. The highest BCUT2D eigenvalue weighted by atomic mass is 79.9. The van der Waals surface area contributed by atoms with E-state index in [9.17, 15) is 4.79 Å². The molecule has 0 bridgehead atoms. The van der Waals surface area contributed by atoms with Crippen LogP contribution >= 0.6 is 27.7 Å². The lowest BCUT2D eigenvalue weighted by molar-refractivity contribution is 0.614. The zero-order chi connectivity index (χ0) is 15.3. The SMILES string of the molecule is Cn1c(=O)c2ccc(Br)cc2n2nc(C3CCSCC3)cc12. The Bertz CT molecular complexity index is 924. The fourth-order valence-corrected chi connectivity index (χ4v) is 4.60. The predicted molar refractivity (Wildman–Crippen MR) is 94.9 cm³/mol. The number of thioether (sulfide) groups is 1. The smallest absolute Gasteiger partial charge is 0.261 e. The first-order valence-corrected chi connectivity index (χ1v) is 9.35. The number of benzene rings is 1. The first-order valence-electron chi connectivity index (χ1n) is 7.41. The topological polar surface area (TPSA) is 39.3 Å². The molecule has 1 aliphatic rings. The van der Waals surface area contributed by atoms with Crippen molar-refractivity contribution in [1.82, 2.24) is 14.2 Å². The van der Waals surface area contributed by atoms with Gasteiger partial charge < -0.3 is 0 Å². The van der Waals surface area contributed by atoms with Crippen molar-refractivity contribution in [3.63, 3.8) is 0 Å². The molecule has 3 aromatic rings. The minimum absolute atomic E-state index is 0.0284.